The van der Waals surface area contributed by atoms with Gasteiger partial charge in [0, 0.05) is 23.5 Å². The van der Waals surface area contributed by atoms with Gasteiger partial charge in [0.05, 0.1) is 5.69 Å². The molecule has 3 heterocycles. The molecule has 0 N–H and O–H groups in total. The molecule has 0 spiro atoms. The molecule has 1 aliphatic heterocycles. The van der Waals surface area contributed by atoms with Crippen molar-refractivity contribution in [3.05, 3.63) is 77.1 Å². The fourth-order valence-electron chi connectivity index (χ4n) is 2.94. The molecule has 0 saturated heterocycles. The number of hydrogen-bond donors (Lipinski definition) is 0. The van der Waals surface area contributed by atoms with Crippen LogP contribution >= 0.6 is 0 Å². The number of nitrogens with zero attached hydrogens (tertiary/aromatic N) is 3. The first kappa shape index (κ1) is 13.7. The maximum absolute atomic E-state index is 4.71. The van der Waals surface area contributed by atoms with Gasteiger partial charge in [0.1, 0.15) is 11.6 Å². The Kier molecular flexibility index (Phi) is 3.19. The number of para-hydroxylation sites is 1. The number of fused-ring (bicyclic) bond motifs is 2. The lowest BCUT2D eigenvalue weighted by Crippen LogP contribution is -2.15. The average molecular weight is 299 g/mol. The van der Waals surface area contributed by atoms with Gasteiger partial charge in [-0.15, -0.1) is 0 Å². The summed E-state index contributed by atoms with van der Waals surface area (Å²) in [5.41, 5.74) is 5.64. The molecule has 3 nitrogen and oxygen atoms in total. The van der Waals surface area contributed by atoms with Crippen molar-refractivity contribution < 1.29 is 0 Å². The second kappa shape index (κ2) is 5.36. The van der Waals surface area contributed by atoms with Gasteiger partial charge in [-0.1, -0.05) is 30.4 Å². The summed E-state index contributed by atoms with van der Waals surface area (Å²) in [5.74, 6) is 1.83. The van der Waals surface area contributed by atoms with Crippen LogP contribution in [0.15, 0.2) is 54.9 Å². The van der Waals surface area contributed by atoms with Crippen LogP contribution in [0.4, 0.5) is 17.3 Å². The second-order valence-corrected chi connectivity index (χ2v) is 5.80. The summed E-state index contributed by atoms with van der Waals surface area (Å²) in [7, 11) is 0. The van der Waals surface area contributed by atoms with Gasteiger partial charge in [-0.2, -0.15) is 0 Å². The zero-order valence-electron chi connectivity index (χ0n) is 13.2. The van der Waals surface area contributed by atoms with Crippen LogP contribution in [0, 0.1) is 13.8 Å². The Hall–Kier alpha value is -2.94. The first-order valence-corrected chi connectivity index (χ1v) is 7.69. The zero-order chi connectivity index (χ0) is 15.8. The number of hydrogen-bond acceptors (Lipinski definition) is 3. The van der Waals surface area contributed by atoms with Gasteiger partial charge in [-0.05, 0) is 49.2 Å². The van der Waals surface area contributed by atoms with Crippen LogP contribution in [0.2, 0.25) is 0 Å². The highest BCUT2D eigenvalue weighted by molar-refractivity contribution is 5.90. The van der Waals surface area contributed by atoms with Gasteiger partial charge in [0.25, 0.3) is 0 Å². The number of rotatable bonds is 1. The highest BCUT2D eigenvalue weighted by Crippen LogP contribution is 2.40. The molecule has 0 fully saturated rings. The summed E-state index contributed by atoms with van der Waals surface area (Å²) >= 11 is 0. The van der Waals surface area contributed by atoms with Crippen molar-refractivity contribution in [1.82, 2.24) is 9.97 Å². The lowest BCUT2D eigenvalue weighted by Gasteiger charge is -2.26. The molecule has 3 heteroatoms. The van der Waals surface area contributed by atoms with E-state index in [0.717, 1.165) is 34.0 Å². The van der Waals surface area contributed by atoms with Crippen molar-refractivity contribution in [2.24, 2.45) is 0 Å². The van der Waals surface area contributed by atoms with E-state index in [-0.39, 0.29) is 0 Å². The molecular weight excluding hydrogens is 282 g/mol. The Labute approximate surface area is 136 Å². The van der Waals surface area contributed by atoms with Gasteiger partial charge < -0.3 is 0 Å². The van der Waals surface area contributed by atoms with Crippen LogP contribution in [0.25, 0.3) is 12.2 Å². The summed E-state index contributed by atoms with van der Waals surface area (Å²) in [6, 6.07) is 14.6. The van der Waals surface area contributed by atoms with E-state index >= 15 is 0 Å². The quantitative estimate of drug-likeness (QED) is 0.492. The van der Waals surface area contributed by atoms with E-state index in [9.17, 15) is 0 Å². The van der Waals surface area contributed by atoms with E-state index in [0.29, 0.717) is 0 Å². The Balaban J connectivity index is 2.04. The fraction of sp³-hybridized carbons (Fsp3) is 0.100. The molecule has 0 radical (unpaired) electrons. The van der Waals surface area contributed by atoms with E-state index in [2.05, 4.69) is 72.3 Å². The van der Waals surface area contributed by atoms with E-state index in [1.54, 1.807) is 0 Å². The van der Waals surface area contributed by atoms with Crippen molar-refractivity contribution in [2.75, 3.05) is 4.90 Å². The minimum absolute atomic E-state index is 0.910. The Morgan fingerprint density at radius 1 is 0.826 bits per heavy atom. The number of aryl methyl sites for hydroxylation is 2. The summed E-state index contributed by atoms with van der Waals surface area (Å²) in [4.78, 5) is 11.5. The van der Waals surface area contributed by atoms with Gasteiger partial charge in [-0.3, -0.25) is 4.90 Å². The molecule has 0 bridgehead atoms. The predicted molar refractivity (Wildman–Crippen MR) is 95.1 cm³/mol. The number of anilines is 3. The topological polar surface area (TPSA) is 29.0 Å². The van der Waals surface area contributed by atoms with Gasteiger partial charge in [-0.25, -0.2) is 9.97 Å². The monoisotopic (exact) mass is 299 g/mol. The molecule has 2 aromatic heterocycles. The third kappa shape index (κ3) is 2.30. The molecule has 1 aliphatic rings. The zero-order valence-corrected chi connectivity index (χ0v) is 13.2. The van der Waals surface area contributed by atoms with Crippen molar-refractivity contribution in [3.63, 3.8) is 0 Å². The van der Waals surface area contributed by atoms with Gasteiger partial charge >= 0.3 is 0 Å². The van der Waals surface area contributed by atoms with Crippen LogP contribution in [-0.2, 0) is 0 Å². The molecule has 0 unspecified atom stereocenters. The first-order chi connectivity index (χ1) is 11.2. The van der Waals surface area contributed by atoms with Crippen molar-refractivity contribution in [1.29, 1.82) is 0 Å². The fourth-order valence-corrected chi connectivity index (χ4v) is 2.94. The van der Waals surface area contributed by atoms with Crippen LogP contribution in [0.3, 0.4) is 0 Å². The molecule has 3 aromatic rings. The smallest absolute Gasteiger partial charge is 0.146 e. The summed E-state index contributed by atoms with van der Waals surface area (Å²) in [6.07, 6.45) is 7.97. The van der Waals surface area contributed by atoms with Crippen LogP contribution < -0.4 is 4.90 Å². The highest BCUT2D eigenvalue weighted by Gasteiger charge is 2.23. The maximum Gasteiger partial charge on any atom is 0.146 e. The van der Waals surface area contributed by atoms with Gasteiger partial charge in [0.15, 0.2) is 0 Å². The number of pyridine rings is 2. The van der Waals surface area contributed by atoms with Crippen molar-refractivity contribution in [2.45, 2.75) is 13.8 Å². The van der Waals surface area contributed by atoms with Crippen LogP contribution in [0.1, 0.15) is 22.3 Å². The molecule has 0 saturated carbocycles. The third-order valence-corrected chi connectivity index (χ3v) is 4.07. The number of benzene rings is 1. The summed E-state index contributed by atoms with van der Waals surface area (Å²) in [5, 5.41) is 0. The molecule has 0 amide bonds. The molecule has 4 rings (SSSR count). The normalized spacial score (nSPS) is 12.5. The van der Waals surface area contributed by atoms with E-state index in [4.69, 9.17) is 4.98 Å². The molecule has 1 aromatic carbocycles. The maximum atomic E-state index is 4.71. The standard InChI is InChI=1S/C20H17N3/c1-14-12-17-10-9-16-7-5-11-21-19(16)23(20(17)22-13-14)18-8-4-3-6-15(18)2/h3-13H,1-2H3. The van der Waals surface area contributed by atoms with E-state index in [1.165, 1.54) is 5.56 Å². The molecule has 0 aliphatic carbocycles. The minimum Gasteiger partial charge on any atom is -0.278 e. The number of aromatic nitrogens is 2. The van der Waals surface area contributed by atoms with Crippen LogP contribution in [0.5, 0.6) is 0 Å². The molecule has 0 atom stereocenters. The van der Waals surface area contributed by atoms with E-state index < -0.39 is 0 Å². The van der Waals surface area contributed by atoms with Crippen molar-refractivity contribution >= 4 is 29.5 Å². The predicted octanol–water partition coefficient (Wildman–Crippen LogP) is 5.05. The summed E-state index contributed by atoms with van der Waals surface area (Å²) < 4.78 is 0. The first-order valence-electron chi connectivity index (χ1n) is 7.69. The molecular formula is C20H17N3. The van der Waals surface area contributed by atoms with Gasteiger partial charge in [0.2, 0.25) is 0 Å². The minimum atomic E-state index is 0.910. The Morgan fingerprint density at radius 2 is 1.61 bits per heavy atom. The van der Waals surface area contributed by atoms with E-state index in [1.807, 2.05) is 18.5 Å². The highest BCUT2D eigenvalue weighted by atomic mass is 15.2. The lowest BCUT2D eigenvalue weighted by molar-refractivity contribution is 1.10. The SMILES string of the molecule is Cc1cnc2c(c1)C=Cc1cccnc1N2c1ccccc1C. The van der Waals surface area contributed by atoms with Crippen molar-refractivity contribution in [3.8, 4) is 0 Å². The summed E-state index contributed by atoms with van der Waals surface area (Å²) in [6.45, 7) is 4.18. The average Bonchev–Trinajstić information content (AvgIpc) is 2.72. The molecule has 23 heavy (non-hydrogen) atoms. The molecule has 112 valence electrons. The van der Waals surface area contributed by atoms with Crippen LogP contribution in [-0.4, -0.2) is 9.97 Å². The second-order valence-electron chi connectivity index (χ2n) is 5.80. The third-order valence-electron chi connectivity index (χ3n) is 4.07. The largest absolute Gasteiger partial charge is 0.278 e. The lowest BCUT2D eigenvalue weighted by atomic mass is 10.1. The Bertz CT molecular complexity index is 912. The Morgan fingerprint density at radius 3 is 2.48 bits per heavy atom.